The van der Waals surface area contributed by atoms with E-state index in [4.69, 9.17) is 0 Å². The maximum absolute atomic E-state index is 11.7. The lowest BCUT2D eigenvalue weighted by atomic mass is 10.00. The second-order valence-electron chi connectivity index (χ2n) is 5.75. The number of hydrogen-bond donors (Lipinski definition) is 0. The molecular weight excluding hydrogens is 242 g/mol. The zero-order valence-electron chi connectivity index (χ0n) is 11.9. The van der Waals surface area contributed by atoms with Crippen LogP contribution in [0.15, 0.2) is 28.7 Å². The molecule has 0 amide bonds. The Morgan fingerprint density at radius 1 is 1.33 bits per heavy atom. The monoisotopic (exact) mass is 265 g/mol. The lowest BCUT2D eigenvalue weighted by molar-refractivity contribution is 0.561. The van der Waals surface area contributed by atoms with Crippen molar-refractivity contribution >= 4 is 17.6 Å². The van der Waals surface area contributed by atoms with Gasteiger partial charge < -0.3 is 4.55 Å². The first-order chi connectivity index (χ1) is 8.30. The molecule has 0 saturated carbocycles. The highest BCUT2D eigenvalue weighted by Crippen LogP contribution is 2.17. The van der Waals surface area contributed by atoms with E-state index in [1.807, 2.05) is 20.8 Å². The predicted octanol–water partition coefficient (Wildman–Crippen LogP) is 3.89. The zero-order chi connectivity index (χ0) is 13.8. The van der Waals surface area contributed by atoms with E-state index in [0.717, 1.165) is 6.42 Å². The number of nitrogens with zero attached hydrogens (tertiary/aromatic N) is 1. The molecule has 0 radical (unpaired) electrons. The van der Waals surface area contributed by atoms with Crippen molar-refractivity contribution in [2.45, 2.75) is 51.7 Å². The summed E-state index contributed by atoms with van der Waals surface area (Å²) in [7, 11) is 0. The molecule has 0 saturated heterocycles. The molecule has 0 aromatic heterocycles. The van der Waals surface area contributed by atoms with Gasteiger partial charge in [0.2, 0.25) is 0 Å². The average molecular weight is 265 g/mol. The van der Waals surface area contributed by atoms with Gasteiger partial charge >= 0.3 is 0 Å². The van der Waals surface area contributed by atoms with Crippen molar-refractivity contribution in [3.63, 3.8) is 0 Å². The van der Waals surface area contributed by atoms with E-state index < -0.39 is 11.4 Å². The van der Waals surface area contributed by atoms with Crippen molar-refractivity contribution in [2.75, 3.05) is 0 Å². The van der Waals surface area contributed by atoms with Crippen LogP contribution in [0.4, 0.5) is 0 Å². The van der Waals surface area contributed by atoms with Gasteiger partial charge in [0.15, 0.2) is 0 Å². The molecule has 100 valence electrons. The molecule has 1 aromatic rings. The quantitative estimate of drug-likeness (QED) is 0.601. The van der Waals surface area contributed by atoms with Crippen LogP contribution in [0.3, 0.4) is 0 Å². The minimum atomic E-state index is -1.16. The fourth-order valence-corrected chi connectivity index (χ4v) is 1.97. The summed E-state index contributed by atoms with van der Waals surface area (Å²) in [6.45, 7) is 10.2. The largest absolute Gasteiger partial charge is 0.591 e. The second kappa shape index (κ2) is 6.39. The van der Waals surface area contributed by atoms with Gasteiger partial charge in [0.05, 0.1) is 6.21 Å². The van der Waals surface area contributed by atoms with Crippen LogP contribution < -0.4 is 0 Å². The van der Waals surface area contributed by atoms with Crippen LogP contribution in [0.25, 0.3) is 0 Å². The SMILES string of the molecule is CC(C)c1cccc(C/C=N/[S@@+]([O-])C(C)(C)C)c1. The van der Waals surface area contributed by atoms with Gasteiger partial charge in [-0.15, -0.1) is 0 Å². The summed E-state index contributed by atoms with van der Waals surface area (Å²) in [4.78, 5) is 0. The summed E-state index contributed by atoms with van der Waals surface area (Å²) >= 11 is -1.16. The Hall–Kier alpha value is -0.800. The maximum atomic E-state index is 11.7. The van der Waals surface area contributed by atoms with Crippen molar-refractivity contribution < 1.29 is 4.55 Å². The highest BCUT2D eigenvalue weighted by atomic mass is 32.2. The molecule has 0 fully saturated rings. The van der Waals surface area contributed by atoms with E-state index in [2.05, 4.69) is 42.5 Å². The molecule has 1 aromatic carbocycles. The molecular formula is C15H23NOS. The van der Waals surface area contributed by atoms with Crippen molar-refractivity contribution in [1.82, 2.24) is 0 Å². The summed E-state index contributed by atoms with van der Waals surface area (Å²) in [5, 5.41) is 0. The maximum Gasteiger partial charge on any atom is 0.144 e. The molecule has 0 aliphatic rings. The fraction of sp³-hybridized carbons (Fsp3) is 0.533. The Bertz CT molecular complexity index is 407. The summed E-state index contributed by atoms with van der Waals surface area (Å²) in [6.07, 6.45) is 2.50. The Morgan fingerprint density at radius 2 is 2.00 bits per heavy atom. The number of hydrogen-bond acceptors (Lipinski definition) is 2. The third kappa shape index (κ3) is 4.83. The Kier molecular flexibility index (Phi) is 5.42. The van der Waals surface area contributed by atoms with E-state index in [9.17, 15) is 4.55 Å². The molecule has 0 aliphatic carbocycles. The van der Waals surface area contributed by atoms with Gasteiger partial charge in [-0.1, -0.05) is 42.5 Å². The number of benzene rings is 1. The molecule has 1 rings (SSSR count). The van der Waals surface area contributed by atoms with Crippen LogP contribution in [0.2, 0.25) is 0 Å². The first-order valence-corrected chi connectivity index (χ1v) is 7.44. The van der Waals surface area contributed by atoms with Gasteiger partial charge in [0.25, 0.3) is 0 Å². The van der Waals surface area contributed by atoms with Gasteiger partial charge in [0.1, 0.15) is 16.1 Å². The van der Waals surface area contributed by atoms with Gasteiger partial charge in [-0.2, -0.15) is 0 Å². The van der Waals surface area contributed by atoms with Crippen LogP contribution in [0.5, 0.6) is 0 Å². The fourth-order valence-electron chi connectivity index (χ4n) is 1.45. The Morgan fingerprint density at radius 3 is 2.56 bits per heavy atom. The van der Waals surface area contributed by atoms with Crippen LogP contribution in [0.1, 0.15) is 51.7 Å². The molecule has 1 atom stereocenters. The summed E-state index contributed by atoms with van der Waals surface area (Å²) in [5.41, 5.74) is 2.55. The molecule has 0 bridgehead atoms. The first-order valence-electron chi connectivity index (χ1n) is 6.34. The van der Waals surface area contributed by atoms with E-state index in [1.54, 1.807) is 6.21 Å². The van der Waals surface area contributed by atoms with Crippen molar-refractivity contribution in [3.05, 3.63) is 35.4 Å². The predicted molar refractivity (Wildman–Crippen MR) is 80.6 cm³/mol. The lowest BCUT2D eigenvalue weighted by Gasteiger charge is -2.17. The van der Waals surface area contributed by atoms with E-state index in [-0.39, 0.29) is 4.75 Å². The Labute approximate surface area is 114 Å². The third-order valence-electron chi connectivity index (χ3n) is 2.64. The molecule has 0 heterocycles. The highest BCUT2D eigenvalue weighted by Gasteiger charge is 2.25. The van der Waals surface area contributed by atoms with Crippen LogP contribution >= 0.6 is 0 Å². The van der Waals surface area contributed by atoms with Gasteiger partial charge in [-0.25, -0.2) is 0 Å². The third-order valence-corrected chi connectivity index (χ3v) is 4.03. The molecule has 0 aliphatic heterocycles. The summed E-state index contributed by atoms with van der Waals surface area (Å²) in [6, 6.07) is 8.48. The number of rotatable bonds is 4. The molecule has 0 spiro atoms. The van der Waals surface area contributed by atoms with Crippen LogP contribution in [-0.4, -0.2) is 15.5 Å². The molecule has 0 N–H and O–H groups in total. The van der Waals surface area contributed by atoms with Gasteiger partial charge in [-0.05, 0) is 37.8 Å². The summed E-state index contributed by atoms with van der Waals surface area (Å²) < 4.78 is 15.6. The lowest BCUT2D eigenvalue weighted by Crippen LogP contribution is -2.25. The van der Waals surface area contributed by atoms with Crippen molar-refractivity contribution in [3.8, 4) is 0 Å². The molecule has 0 unspecified atom stereocenters. The van der Waals surface area contributed by atoms with Gasteiger partial charge in [0, 0.05) is 6.42 Å². The normalized spacial score (nSPS) is 14.4. The summed E-state index contributed by atoms with van der Waals surface area (Å²) in [5.74, 6) is 0.533. The topological polar surface area (TPSA) is 35.4 Å². The van der Waals surface area contributed by atoms with E-state index in [1.165, 1.54) is 11.1 Å². The molecule has 18 heavy (non-hydrogen) atoms. The first kappa shape index (κ1) is 15.3. The van der Waals surface area contributed by atoms with E-state index >= 15 is 0 Å². The minimum Gasteiger partial charge on any atom is -0.591 e. The molecule has 3 heteroatoms. The highest BCUT2D eigenvalue weighted by molar-refractivity contribution is 7.91. The van der Waals surface area contributed by atoms with Crippen LogP contribution in [0, 0.1) is 0 Å². The Balaban J connectivity index is 2.64. The molecule has 2 nitrogen and oxygen atoms in total. The van der Waals surface area contributed by atoms with E-state index in [0.29, 0.717) is 5.92 Å². The smallest absolute Gasteiger partial charge is 0.144 e. The second-order valence-corrected chi connectivity index (χ2v) is 7.69. The zero-order valence-corrected chi connectivity index (χ0v) is 12.8. The van der Waals surface area contributed by atoms with Crippen LogP contribution in [-0.2, 0) is 17.8 Å². The average Bonchev–Trinajstić information content (AvgIpc) is 2.28. The minimum absolute atomic E-state index is 0.281. The van der Waals surface area contributed by atoms with Crippen molar-refractivity contribution in [1.29, 1.82) is 0 Å². The standard InChI is InChI=1S/C15H23NOS/c1-12(2)14-8-6-7-13(11-14)9-10-16-18(17)15(3,4)5/h6-8,10-12H,9H2,1-5H3/b16-10+/t18-/m0/s1. The van der Waals surface area contributed by atoms with Gasteiger partial charge in [-0.3, -0.25) is 0 Å². The van der Waals surface area contributed by atoms with Crippen molar-refractivity contribution in [2.24, 2.45) is 4.40 Å².